The average molecular weight is 286 g/mol. The topological polar surface area (TPSA) is 91.4 Å². The number of carbonyl (C=O) groups is 1. The molecule has 0 radical (unpaired) electrons. The molecule has 0 atom stereocenters. The van der Waals surface area contributed by atoms with E-state index in [9.17, 15) is 13.2 Å². The lowest BCUT2D eigenvalue weighted by Gasteiger charge is -2.11. The molecule has 0 aromatic carbocycles. The number of nitrogens with zero attached hydrogens (tertiary/aromatic N) is 2. The molecule has 1 heterocycles. The minimum Gasteiger partial charge on any atom is -0.388 e. The lowest BCUT2D eigenvalue weighted by Crippen LogP contribution is -2.34. The van der Waals surface area contributed by atoms with Gasteiger partial charge in [0.25, 0.3) is 5.91 Å². The number of hydrogen-bond donors (Lipinski definition) is 2. The van der Waals surface area contributed by atoms with Crippen LogP contribution in [0.1, 0.15) is 10.5 Å². The van der Waals surface area contributed by atoms with Crippen LogP contribution in [0.2, 0.25) is 0 Å². The fourth-order valence-electron chi connectivity index (χ4n) is 1.28. The molecule has 1 aromatic heterocycles. The van der Waals surface area contributed by atoms with Gasteiger partial charge in [-0.25, -0.2) is 12.7 Å². The fraction of sp³-hybridized carbons (Fsp3) is 0.455. The van der Waals surface area contributed by atoms with Crippen LogP contribution in [0.5, 0.6) is 0 Å². The van der Waals surface area contributed by atoms with E-state index >= 15 is 0 Å². The van der Waals surface area contributed by atoms with E-state index < -0.39 is 15.9 Å². The van der Waals surface area contributed by atoms with Crippen molar-refractivity contribution in [2.24, 2.45) is 0 Å². The molecule has 0 saturated carbocycles. The number of carbonyl (C=O) groups excluding carboxylic acids is 1. The van der Waals surface area contributed by atoms with Crippen LogP contribution in [0.25, 0.3) is 0 Å². The van der Waals surface area contributed by atoms with E-state index in [-0.39, 0.29) is 18.0 Å². The largest absolute Gasteiger partial charge is 0.388 e. The molecule has 19 heavy (non-hydrogen) atoms. The summed E-state index contributed by atoms with van der Waals surface area (Å²) in [5.41, 5.74) is 1.01. The average Bonchev–Trinajstić information content (AvgIpc) is 2.38. The lowest BCUT2D eigenvalue weighted by molar-refractivity contribution is 0.0951. The molecule has 106 valence electrons. The molecule has 0 aliphatic rings. The van der Waals surface area contributed by atoms with Crippen LogP contribution >= 0.6 is 0 Å². The van der Waals surface area contributed by atoms with Gasteiger partial charge in [-0.15, -0.1) is 0 Å². The maximum atomic E-state index is 11.8. The van der Waals surface area contributed by atoms with E-state index in [2.05, 4.69) is 15.6 Å². The van der Waals surface area contributed by atoms with Crippen molar-refractivity contribution in [2.45, 2.75) is 0 Å². The van der Waals surface area contributed by atoms with Crippen molar-refractivity contribution in [1.29, 1.82) is 0 Å². The summed E-state index contributed by atoms with van der Waals surface area (Å²) in [6, 6.07) is 3.32. The molecule has 0 fully saturated rings. The summed E-state index contributed by atoms with van der Waals surface area (Å²) in [7, 11) is 1.34. The molecule has 0 spiro atoms. The van der Waals surface area contributed by atoms with Crippen molar-refractivity contribution in [3.63, 3.8) is 0 Å². The highest BCUT2D eigenvalue weighted by Crippen LogP contribution is 2.06. The van der Waals surface area contributed by atoms with E-state index in [0.29, 0.717) is 0 Å². The Labute approximate surface area is 113 Å². The quantitative estimate of drug-likeness (QED) is 0.752. The smallest absolute Gasteiger partial charge is 0.269 e. The molecule has 7 nitrogen and oxygen atoms in total. The zero-order valence-corrected chi connectivity index (χ0v) is 12.0. The van der Waals surface area contributed by atoms with Gasteiger partial charge in [0.1, 0.15) is 5.69 Å². The zero-order valence-electron chi connectivity index (χ0n) is 11.2. The Balaban J connectivity index is 2.56. The third-order valence-electron chi connectivity index (χ3n) is 2.48. The summed E-state index contributed by atoms with van der Waals surface area (Å²) >= 11 is 0. The van der Waals surface area contributed by atoms with Crippen molar-refractivity contribution < 1.29 is 13.2 Å². The number of amides is 1. The van der Waals surface area contributed by atoms with Gasteiger partial charge in [0.2, 0.25) is 10.0 Å². The van der Waals surface area contributed by atoms with Crippen LogP contribution in [-0.4, -0.2) is 57.1 Å². The molecule has 1 aromatic rings. The highest BCUT2D eigenvalue weighted by Gasteiger charge is 2.14. The van der Waals surface area contributed by atoms with Gasteiger partial charge in [0.15, 0.2) is 0 Å². The van der Waals surface area contributed by atoms with E-state index in [0.717, 1.165) is 9.99 Å². The number of anilines is 1. The van der Waals surface area contributed by atoms with Gasteiger partial charge in [0, 0.05) is 39.6 Å². The zero-order chi connectivity index (χ0) is 14.5. The van der Waals surface area contributed by atoms with Gasteiger partial charge in [-0.1, -0.05) is 0 Å². The fourth-order valence-corrected chi connectivity index (χ4v) is 2.00. The second kappa shape index (κ2) is 6.48. The summed E-state index contributed by atoms with van der Waals surface area (Å²) in [6.45, 7) is 0.0464. The summed E-state index contributed by atoms with van der Waals surface area (Å²) in [5.74, 6) is -0.539. The molecule has 0 bridgehead atoms. The first kappa shape index (κ1) is 15.4. The minimum absolute atomic E-state index is 0.0464. The molecular formula is C11H18N4O3S. The number of hydrogen-bond acceptors (Lipinski definition) is 5. The molecule has 1 rings (SSSR count). The Morgan fingerprint density at radius 2 is 2.11 bits per heavy atom. The summed E-state index contributed by atoms with van der Waals surface area (Å²) in [6.07, 6.45) is 1.51. The Morgan fingerprint density at radius 1 is 1.42 bits per heavy atom. The number of pyridine rings is 1. The van der Waals surface area contributed by atoms with Crippen molar-refractivity contribution in [3.05, 3.63) is 24.0 Å². The van der Waals surface area contributed by atoms with Crippen LogP contribution < -0.4 is 10.6 Å². The maximum absolute atomic E-state index is 11.8. The highest BCUT2D eigenvalue weighted by molar-refractivity contribution is 7.89. The Hall–Kier alpha value is -1.67. The van der Waals surface area contributed by atoms with E-state index in [1.807, 2.05) is 0 Å². The molecular weight excluding hydrogens is 268 g/mol. The second-order valence-corrected chi connectivity index (χ2v) is 6.34. The van der Waals surface area contributed by atoms with E-state index in [4.69, 9.17) is 0 Å². The monoisotopic (exact) mass is 286 g/mol. The van der Waals surface area contributed by atoms with Crippen molar-refractivity contribution in [2.75, 3.05) is 38.8 Å². The lowest BCUT2D eigenvalue weighted by atomic mass is 10.3. The second-order valence-electron chi connectivity index (χ2n) is 4.03. The Morgan fingerprint density at radius 3 is 2.68 bits per heavy atom. The molecule has 2 N–H and O–H groups in total. The van der Waals surface area contributed by atoms with Crippen LogP contribution in [0.3, 0.4) is 0 Å². The highest BCUT2D eigenvalue weighted by atomic mass is 32.2. The van der Waals surface area contributed by atoms with Crippen molar-refractivity contribution in [1.82, 2.24) is 14.6 Å². The summed E-state index contributed by atoms with van der Waals surface area (Å²) in [4.78, 5) is 15.7. The Kier molecular flexibility index (Phi) is 5.25. The first-order chi connectivity index (χ1) is 8.86. The van der Waals surface area contributed by atoms with Crippen molar-refractivity contribution in [3.8, 4) is 0 Å². The number of nitrogens with one attached hydrogen (secondary N) is 2. The van der Waals surface area contributed by atoms with Crippen LogP contribution in [0.15, 0.2) is 18.3 Å². The molecule has 8 heteroatoms. The van der Waals surface area contributed by atoms with Gasteiger partial charge >= 0.3 is 0 Å². The molecule has 0 aliphatic carbocycles. The van der Waals surface area contributed by atoms with Gasteiger partial charge in [-0.2, -0.15) is 0 Å². The van der Waals surface area contributed by atoms with Gasteiger partial charge < -0.3 is 10.6 Å². The van der Waals surface area contributed by atoms with Crippen LogP contribution in [0, 0.1) is 0 Å². The standard InChI is InChI=1S/C11H18N4O3S/c1-12-9-4-5-13-10(8-9)11(16)14-6-7-19(17,18)15(2)3/h4-5,8H,6-7H2,1-3H3,(H,12,13)(H,14,16). The third-order valence-corrected chi connectivity index (χ3v) is 4.32. The van der Waals surface area contributed by atoms with E-state index in [1.54, 1.807) is 19.2 Å². The van der Waals surface area contributed by atoms with Gasteiger partial charge in [-0.3, -0.25) is 9.78 Å². The van der Waals surface area contributed by atoms with E-state index in [1.165, 1.54) is 20.3 Å². The SMILES string of the molecule is CNc1ccnc(C(=O)NCCS(=O)(=O)N(C)C)c1. The van der Waals surface area contributed by atoms with Gasteiger partial charge in [-0.05, 0) is 12.1 Å². The molecule has 0 unspecified atom stereocenters. The summed E-state index contributed by atoms with van der Waals surface area (Å²) < 4.78 is 24.1. The number of sulfonamides is 1. The predicted molar refractivity (Wildman–Crippen MR) is 73.6 cm³/mol. The number of rotatable bonds is 6. The van der Waals surface area contributed by atoms with Crippen molar-refractivity contribution >= 4 is 21.6 Å². The first-order valence-corrected chi connectivity index (χ1v) is 7.30. The normalized spacial score (nSPS) is 11.4. The van der Waals surface area contributed by atoms with Crippen LogP contribution in [0.4, 0.5) is 5.69 Å². The molecule has 0 saturated heterocycles. The summed E-state index contributed by atoms with van der Waals surface area (Å²) in [5, 5.41) is 5.42. The van der Waals surface area contributed by atoms with Crippen LogP contribution in [-0.2, 0) is 10.0 Å². The molecule has 1 amide bonds. The minimum atomic E-state index is -3.30. The van der Waals surface area contributed by atoms with Gasteiger partial charge in [0.05, 0.1) is 5.75 Å². The molecule has 0 aliphatic heterocycles. The third kappa shape index (κ3) is 4.49. The Bertz CT molecular complexity index is 543. The predicted octanol–water partition coefficient (Wildman–Crippen LogP) is -0.255. The first-order valence-electron chi connectivity index (χ1n) is 5.69. The maximum Gasteiger partial charge on any atom is 0.269 e. The number of aromatic nitrogens is 1.